The van der Waals surface area contributed by atoms with Gasteiger partial charge in [-0.05, 0) is 48.4 Å². The normalized spacial score (nSPS) is 17.3. The van der Waals surface area contributed by atoms with E-state index in [1.54, 1.807) is 11.8 Å². The topological polar surface area (TPSA) is 93.2 Å². The largest absolute Gasteiger partial charge is 0.446 e. The Morgan fingerprint density at radius 3 is 2.69 bits per heavy atom. The van der Waals surface area contributed by atoms with Gasteiger partial charge in [-0.3, -0.25) is 9.69 Å². The number of aryl methyl sites for hydroxylation is 1. The Labute approximate surface area is 204 Å². The summed E-state index contributed by atoms with van der Waals surface area (Å²) in [5, 5.41) is 11.6. The summed E-state index contributed by atoms with van der Waals surface area (Å²) in [5.74, 6) is 0.187. The Bertz CT molecular complexity index is 1240. The molecule has 1 fully saturated rings. The molecule has 1 atom stereocenters. The third-order valence-corrected chi connectivity index (χ3v) is 5.83. The fourth-order valence-corrected chi connectivity index (χ4v) is 4.10. The molecule has 4 rings (SSSR count). The Balaban J connectivity index is 1.44. The molecule has 1 saturated heterocycles. The number of aromatic nitrogens is 5. The molecule has 0 aliphatic carbocycles. The summed E-state index contributed by atoms with van der Waals surface area (Å²) in [6, 6.07) is 3.23. The number of piperazine rings is 1. The molecule has 36 heavy (non-hydrogen) atoms. The van der Waals surface area contributed by atoms with Crippen LogP contribution in [0.2, 0.25) is 0 Å². The second kappa shape index (κ2) is 10.6. The van der Waals surface area contributed by atoms with Gasteiger partial charge in [-0.2, -0.15) is 18.0 Å². The summed E-state index contributed by atoms with van der Waals surface area (Å²) in [4.78, 5) is 22.0. The number of hydrogen-bond donors (Lipinski definition) is 0. The summed E-state index contributed by atoms with van der Waals surface area (Å²) in [5.41, 5.74) is 0.589. The van der Waals surface area contributed by atoms with Crippen LogP contribution in [0.1, 0.15) is 41.0 Å². The first kappa shape index (κ1) is 25.5. The number of carbonyl (C=O) groups excluding carboxylic acids is 1. The van der Waals surface area contributed by atoms with Crippen molar-refractivity contribution < 1.29 is 26.8 Å². The minimum absolute atomic E-state index is 0.0279. The number of benzene rings is 1. The first-order chi connectivity index (χ1) is 17.1. The summed E-state index contributed by atoms with van der Waals surface area (Å²) in [6.07, 6.45) is -0.206. The molecular formula is C23H25F4N7O2. The average molecular weight is 507 g/mol. The second-order valence-electron chi connectivity index (χ2n) is 8.59. The van der Waals surface area contributed by atoms with Crippen LogP contribution >= 0.6 is 0 Å². The first-order valence-electron chi connectivity index (χ1n) is 11.3. The molecular weight excluding hydrogens is 482 g/mol. The van der Waals surface area contributed by atoms with E-state index < -0.39 is 18.4 Å². The highest BCUT2D eigenvalue weighted by Crippen LogP contribution is 2.31. The molecule has 2 aromatic heterocycles. The quantitative estimate of drug-likeness (QED) is 0.358. The van der Waals surface area contributed by atoms with Crippen molar-refractivity contribution in [3.05, 3.63) is 64.6 Å². The first-order valence-corrected chi connectivity index (χ1v) is 11.3. The predicted molar refractivity (Wildman–Crippen MR) is 120 cm³/mol. The van der Waals surface area contributed by atoms with Crippen LogP contribution in [0.15, 0.2) is 35.0 Å². The highest BCUT2D eigenvalue weighted by molar-refractivity contribution is 5.92. The van der Waals surface area contributed by atoms with Gasteiger partial charge in [0.2, 0.25) is 11.8 Å². The second-order valence-corrected chi connectivity index (χ2v) is 8.59. The Morgan fingerprint density at radius 1 is 1.25 bits per heavy atom. The van der Waals surface area contributed by atoms with Gasteiger partial charge in [0, 0.05) is 38.3 Å². The third-order valence-electron chi connectivity index (χ3n) is 5.83. The molecule has 9 nitrogen and oxygen atoms in total. The number of hydrogen-bond acceptors (Lipinski definition) is 7. The molecule has 1 aliphatic rings. The number of halogens is 4. The summed E-state index contributed by atoms with van der Waals surface area (Å²) in [6.45, 7) is 4.86. The monoisotopic (exact) mass is 507 g/mol. The lowest BCUT2D eigenvalue weighted by molar-refractivity contribution is -0.137. The summed E-state index contributed by atoms with van der Waals surface area (Å²) >= 11 is 0. The van der Waals surface area contributed by atoms with Gasteiger partial charge in [0.1, 0.15) is 6.26 Å². The molecule has 0 N–H and O–H groups in total. The molecule has 1 unspecified atom stereocenters. The van der Waals surface area contributed by atoms with Crippen LogP contribution in [0, 0.1) is 6.92 Å². The highest BCUT2D eigenvalue weighted by atomic mass is 19.4. The van der Waals surface area contributed by atoms with Crippen LogP contribution in [0.5, 0.6) is 0 Å². The lowest BCUT2D eigenvalue weighted by Crippen LogP contribution is -2.53. The van der Waals surface area contributed by atoms with Crippen molar-refractivity contribution in [2.75, 3.05) is 19.6 Å². The van der Waals surface area contributed by atoms with Crippen LogP contribution in [-0.4, -0.2) is 66.6 Å². The molecule has 0 radical (unpaired) electrons. The van der Waals surface area contributed by atoms with E-state index in [0.717, 1.165) is 12.1 Å². The van der Waals surface area contributed by atoms with Gasteiger partial charge in [-0.15, -0.1) is 10.2 Å². The minimum atomic E-state index is -4.51. The Morgan fingerprint density at radius 2 is 2.06 bits per heavy atom. The van der Waals surface area contributed by atoms with Crippen LogP contribution in [0.3, 0.4) is 0 Å². The van der Waals surface area contributed by atoms with Crippen molar-refractivity contribution in [1.29, 1.82) is 0 Å². The molecule has 1 aliphatic heterocycles. The highest BCUT2D eigenvalue weighted by Gasteiger charge is 2.31. The van der Waals surface area contributed by atoms with E-state index in [1.165, 1.54) is 29.3 Å². The molecule has 3 heterocycles. The number of oxazole rings is 1. The maximum absolute atomic E-state index is 13.3. The van der Waals surface area contributed by atoms with Gasteiger partial charge < -0.3 is 9.32 Å². The number of tetrazole rings is 1. The smallest absolute Gasteiger partial charge is 0.416 e. The van der Waals surface area contributed by atoms with Gasteiger partial charge in [0.15, 0.2) is 12.5 Å². The number of carbonyl (C=O) groups is 1. The van der Waals surface area contributed by atoms with Gasteiger partial charge in [-0.25, -0.2) is 9.37 Å². The van der Waals surface area contributed by atoms with Crippen molar-refractivity contribution in [3.63, 3.8) is 0 Å². The molecule has 13 heteroatoms. The van der Waals surface area contributed by atoms with Gasteiger partial charge in [0.05, 0.1) is 17.8 Å². The molecule has 0 spiro atoms. The van der Waals surface area contributed by atoms with Gasteiger partial charge >= 0.3 is 6.18 Å². The van der Waals surface area contributed by atoms with E-state index in [2.05, 4.69) is 25.3 Å². The zero-order chi connectivity index (χ0) is 25.9. The molecule has 0 bridgehead atoms. The van der Waals surface area contributed by atoms with Crippen molar-refractivity contribution in [3.8, 4) is 0 Å². The van der Waals surface area contributed by atoms with E-state index in [9.17, 15) is 22.4 Å². The van der Waals surface area contributed by atoms with Crippen LogP contribution < -0.4 is 0 Å². The third kappa shape index (κ3) is 6.14. The molecule has 0 saturated carbocycles. The zero-order valence-electron chi connectivity index (χ0n) is 19.7. The fraction of sp³-hybridized carbons (Fsp3) is 0.435. The Hall–Kier alpha value is -3.61. The molecule has 192 valence electrons. The van der Waals surface area contributed by atoms with E-state index in [4.69, 9.17) is 4.42 Å². The van der Waals surface area contributed by atoms with Crippen LogP contribution in [-0.2, 0) is 30.7 Å². The van der Waals surface area contributed by atoms with Gasteiger partial charge in [0.25, 0.3) is 0 Å². The van der Waals surface area contributed by atoms with E-state index in [1.807, 2.05) is 6.92 Å². The van der Waals surface area contributed by atoms with Crippen molar-refractivity contribution in [2.24, 2.45) is 0 Å². The minimum Gasteiger partial charge on any atom is -0.446 e. The number of amides is 1. The maximum atomic E-state index is 13.3. The van der Waals surface area contributed by atoms with Crippen molar-refractivity contribution in [1.82, 2.24) is 35.0 Å². The lowest BCUT2D eigenvalue weighted by Gasteiger charge is -2.39. The van der Waals surface area contributed by atoms with Crippen LogP contribution in [0.25, 0.3) is 6.08 Å². The Kier molecular flexibility index (Phi) is 7.48. The number of nitrogens with zero attached hydrogens (tertiary/aromatic N) is 7. The molecule has 1 amide bonds. The number of alkyl halides is 4. The average Bonchev–Trinajstić information content (AvgIpc) is 3.45. The standard InChI is InChI=1S/C23H25F4N7O2/c1-15-11-32(13-20-14-36-21(10-24)28-20)7-8-33(15)22(35)6-4-17-3-5-19(23(25,26)27)9-18(17)12-34-30-16(2)29-31-34/h3-6,9,14-15H,7-8,10-13H2,1-2H3. The molecule has 1 aromatic carbocycles. The zero-order valence-corrected chi connectivity index (χ0v) is 19.7. The summed E-state index contributed by atoms with van der Waals surface area (Å²) < 4.78 is 57.5. The predicted octanol–water partition coefficient (Wildman–Crippen LogP) is 3.25. The van der Waals surface area contributed by atoms with E-state index in [-0.39, 0.29) is 24.4 Å². The van der Waals surface area contributed by atoms with Crippen molar-refractivity contribution in [2.45, 2.75) is 45.8 Å². The van der Waals surface area contributed by atoms with Gasteiger partial charge in [-0.1, -0.05) is 6.07 Å². The lowest BCUT2D eigenvalue weighted by atomic mass is 10.0. The number of rotatable bonds is 7. The van der Waals surface area contributed by atoms with E-state index in [0.29, 0.717) is 48.8 Å². The maximum Gasteiger partial charge on any atom is 0.416 e. The summed E-state index contributed by atoms with van der Waals surface area (Å²) in [7, 11) is 0. The molecule has 3 aromatic rings. The van der Waals surface area contributed by atoms with E-state index >= 15 is 0 Å². The fourth-order valence-electron chi connectivity index (χ4n) is 4.10. The SMILES string of the molecule is Cc1nnn(Cc2cc(C(F)(F)F)ccc2C=CC(=O)N2CCN(Cc3coc(CF)n3)CC2C)n1. The van der Waals surface area contributed by atoms with Crippen molar-refractivity contribution >= 4 is 12.0 Å². The van der Waals surface area contributed by atoms with Crippen LogP contribution in [0.4, 0.5) is 17.6 Å².